The molecule has 0 saturated carbocycles. The number of carbonyl (C=O) groups excluding carboxylic acids is 1. The van der Waals surface area contributed by atoms with Gasteiger partial charge in [0.15, 0.2) is 0 Å². The maximum atomic E-state index is 12.3. The van der Waals surface area contributed by atoms with Gasteiger partial charge in [-0.25, -0.2) is 0 Å². The molecule has 2 fully saturated rings. The van der Waals surface area contributed by atoms with Gasteiger partial charge < -0.3 is 9.64 Å². The predicted octanol–water partition coefficient (Wildman–Crippen LogP) is 6.01. The summed E-state index contributed by atoms with van der Waals surface area (Å²) in [5, 5.41) is 0. The lowest BCUT2D eigenvalue weighted by molar-refractivity contribution is -0.139. The molecular weight excluding hydrogens is 408 g/mol. The summed E-state index contributed by atoms with van der Waals surface area (Å²) in [6, 6.07) is 0.545. The highest BCUT2D eigenvalue weighted by atomic mass is 16.5. The lowest BCUT2D eigenvalue weighted by Gasteiger charge is -2.46. The van der Waals surface area contributed by atoms with Gasteiger partial charge in [-0.15, -0.1) is 0 Å². The lowest BCUT2D eigenvalue weighted by atomic mass is 10.1. The van der Waals surface area contributed by atoms with Crippen LogP contribution in [0.3, 0.4) is 0 Å². The highest BCUT2D eigenvalue weighted by Crippen LogP contribution is 2.17. The third-order valence-corrected chi connectivity index (χ3v) is 5.90. The first kappa shape index (κ1) is 27.1. The molecule has 2 heterocycles. The van der Waals surface area contributed by atoms with Crippen molar-refractivity contribution in [2.24, 2.45) is 0 Å². The van der Waals surface area contributed by atoms with E-state index in [-0.39, 0.29) is 0 Å². The zero-order valence-electron chi connectivity index (χ0n) is 20.6. The smallest absolute Gasteiger partial charge is 0.222 e. The van der Waals surface area contributed by atoms with Crippen molar-refractivity contribution < 1.29 is 9.53 Å². The number of amides is 1. The van der Waals surface area contributed by atoms with E-state index in [1.165, 1.54) is 0 Å². The Kier molecular flexibility index (Phi) is 15.0. The standard InChI is InChI=1S/C29H44N2O2/c1-2-3-4-5-6-7-8-9-10-11-12-13-14-15-16-17-18-19-20-21-29(32)31-26-28(27-31)30-22-24-33-25-23-30/h3-4,6-7,9-10,12-13,15-16,18-19,28H,2,5,8,11,14,17,20-27H2,1H3. The summed E-state index contributed by atoms with van der Waals surface area (Å²) < 4.78 is 5.40. The Bertz CT molecular complexity index is 690. The molecule has 2 aliphatic heterocycles. The van der Waals surface area contributed by atoms with E-state index in [1.807, 2.05) is 4.90 Å². The van der Waals surface area contributed by atoms with E-state index in [1.54, 1.807) is 0 Å². The van der Waals surface area contributed by atoms with Crippen LogP contribution in [0.15, 0.2) is 72.9 Å². The van der Waals surface area contributed by atoms with Gasteiger partial charge in [-0.05, 0) is 44.9 Å². The van der Waals surface area contributed by atoms with Crippen LogP contribution in [-0.4, -0.2) is 61.1 Å². The Balaban J connectivity index is 1.40. The molecule has 182 valence electrons. The van der Waals surface area contributed by atoms with Crippen molar-refractivity contribution >= 4 is 5.91 Å². The SMILES string of the molecule is CCC=CCC=CCC=CCC=CCC=CCC=CCCC(=O)N1CC(N2CCOCC2)C1. The van der Waals surface area contributed by atoms with Crippen molar-refractivity contribution in [1.82, 2.24) is 9.80 Å². The summed E-state index contributed by atoms with van der Waals surface area (Å²) in [5.74, 6) is 0.291. The Morgan fingerprint density at radius 3 is 1.67 bits per heavy atom. The molecule has 2 saturated heterocycles. The third-order valence-electron chi connectivity index (χ3n) is 5.90. The predicted molar refractivity (Wildman–Crippen MR) is 140 cm³/mol. The number of rotatable bonds is 15. The number of nitrogens with zero attached hydrogens (tertiary/aromatic N) is 2. The van der Waals surface area contributed by atoms with Crippen molar-refractivity contribution in [3.8, 4) is 0 Å². The topological polar surface area (TPSA) is 32.8 Å². The van der Waals surface area contributed by atoms with Gasteiger partial charge in [-0.2, -0.15) is 0 Å². The lowest BCUT2D eigenvalue weighted by Crippen LogP contribution is -2.62. The molecule has 0 aliphatic carbocycles. The first-order chi connectivity index (χ1) is 16.3. The van der Waals surface area contributed by atoms with E-state index >= 15 is 0 Å². The second kappa shape index (κ2) is 18.3. The molecule has 0 atom stereocenters. The summed E-state index contributed by atoms with van der Waals surface area (Å²) in [7, 11) is 0. The summed E-state index contributed by atoms with van der Waals surface area (Å²) in [4.78, 5) is 16.7. The Hall–Kier alpha value is -2.17. The first-order valence-electron chi connectivity index (χ1n) is 12.8. The number of likely N-dealkylation sites (tertiary alicyclic amines) is 1. The molecule has 1 amide bonds. The van der Waals surface area contributed by atoms with E-state index in [9.17, 15) is 4.79 Å². The number of ether oxygens (including phenoxy) is 1. The van der Waals surface area contributed by atoms with Crippen molar-refractivity contribution in [1.29, 1.82) is 0 Å². The normalized spacial score (nSPS) is 18.9. The fourth-order valence-electron chi connectivity index (χ4n) is 3.84. The van der Waals surface area contributed by atoms with Gasteiger partial charge in [0.05, 0.1) is 13.2 Å². The maximum absolute atomic E-state index is 12.3. The van der Waals surface area contributed by atoms with Crippen molar-refractivity contribution in [2.45, 2.75) is 64.3 Å². The van der Waals surface area contributed by atoms with E-state index < -0.39 is 0 Å². The molecule has 0 aromatic carbocycles. The summed E-state index contributed by atoms with van der Waals surface area (Å²) >= 11 is 0. The van der Waals surface area contributed by atoms with Crippen LogP contribution in [0.25, 0.3) is 0 Å². The second-order valence-electron chi connectivity index (χ2n) is 8.55. The first-order valence-corrected chi connectivity index (χ1v) is 12.8. The second-order valence-corrected chi connectivity index (χ2v) is 8.55. The van der Waals surface area contributed by atoms with Crippen LogP contribution in [0.4, 0.5) is 0 Å². The molecular formula is C29H44N2O2. The fourth-order valence-corrected chi connectivity index (χ4v) is 3.84. The van der Waals surface area contributed by atoms with Crippen LogP contribution in [0.2, 0.25) is 0 Å². The van der Waals surface area contributed by atoms with Crippen LogP contribution >= 0.6 is 0 Å². The average Bonchev–Trinajstić information content (AvgIpc) is 2.80. The largest absolute Gasteiger partial charge is 0.379 e. The third kappa shape index (κ3) is 12.6. The highest BCUT2D eigenvalue weighted by Gasteiger charge is 2.34. The Labute approximate surface area is 202 Å². The van der Waals surface area contributed by atoms with Crippen LogP contribution in [-0.2, 0) is 9.53 Å². The van der Waals surface area contributed by atoms with Gasteiger partial charge in [0.2, 0.25) is 5.91 Å². The van der Waals surface area contributed by atoms with Gasteiger partial charge in [0.25, 0.3) is 0 Å². The number of morpholine rings is 1. The zero-order valence-corrected chi connectivity index (χ0v) is 20.6. The monoisotopic (exact) mass is 452 g/mol. The Morgan fingerprint density at radius 1 is 0.727 bits per heavy atom. The highest BCUT2D eigenvalue weighted by molar-refractivity contribution is 5.77. The maximum Gasteiger partial charge on any atom is 0.222 e. The quantitative estimate of drug-likeness (QED) is 0.285. The molecule has 0 radical (unpaired) electrons. The summed E-state index contributed by atoms with van der Waals surface area (Å²) in [5.41, 5.74) is 0. The van der Waals surface area contributed by atoms with Crippen molar-refractivity contribution in [3.05, 3.63) is 72.9 Å². The number of hydrogen-bond donors (Lipinski definition) is 0. The van der Waals surface area contributed by atoms with Crippen LogP contribution in [0.5, 0.6) is 0 Å². The molecule has 0 bridgehead atoms. The molecule has 0 unspecified atom stereocenters. The van der Waals surface area contributed by atoms with Gasteiger partial charge in [-0.1, -0.05) is 79.8 Å². The Morgan fingerprint density at radius 2 is 1.18 bits per heavy atom. The van der Waals surface area contributed by atoms with E-state index in [0.717, 1.165) is 84.3 Å². The molecule has 0 aromatic heterocycles. The van der Waals surface area contributed by atoms with Crippen LogP contribution in [0, 0.1) is 0 Å². The number of hydrogen-bond acceptors (Lipinski definition) is 3. The summed E-state index contributed by atoms with van der Waals surface area (Å²) in [6.07, 6.45) is 34.0. The van der Waals surface area contributed by atoms with E-state index in [4.69, 9.17) is 4.74 Å². The van der Waals surface area contributed by atoms with Crippen LogP contribution < -0.4 is 0 Å². The van der Waals surface area contributed by atoms with Gasteiger partial charge in [-0.3, -0.25) is 9.69 Å². The van der Waals surface area contributed by atoms with Gasteiger partial charge in [0, 0.05) is 38.6 Å². The molecule has 0 aromatic rings. The minimum Gasteiger partial charge on any atom is -0.379 e. The fraction of sp³-hybridized carbons (Fsp3) is 0.552. The number of allylic oxidation sites excluding steroid dienone is 12. The minimum atomic E-state index is 0.291. The average molecular weight is 453 g/mol. The molecule has 2 aliphatic rings. The van der Waals surface area contributed by atoms with Crippen molar-refractivity contribution in [3.63, 3.8) is 0 Å². The van der Waals surface area contributed by atoms with E-state index in [2.05, 4.69) is 84.7 Å². The van der Waals surface area contributed by atoms with Gasteiger partial charge >= 0.3 is 0 Å². The molecule has 33 heavy (non-hydrogen) atoms. The summed E-state index contributed by atoms with van der Waals surface area (Å²) in [6.45, 7) is 7.60. The van der Waals surface area contributed by atoms with Crippen molar-refractivity contribution in [2.75, 3.05) is 39.4 Å². The molecule has 4 nitrogen and oxygen atoms in total. The van der Waals surface area contributed by atoms with E-state index in [0.29, 0.717) is 18.4 Å². The number of carbonyl (C=O) groups is 1. The van der Waals surface area contributed by atoms with Gasteiger partial charge in [0.1, 0.15) is 0 Å². The van der Waals surface area contributed by atoms with Crippen LogP contribution in [0.1, 0.15) is 58.3 Å². The molecule has 2 rings (SSSR count). The molecule has 0 spiro atoms. The molecule has 0 N–H and O–H groups in total. The minimum absolute atomic E-state index is 0.291. The zero-order chi connectivity index (χ0) is 23.4. The molecule has 4 heteroatoms.